The average molecular weight is 222 g/mol. The van der Waals surface area contributed by atoms with Crippen molar-refractivity contribution in [1.82, 2.24) is 4.90 Å². The summed E-state index contributed by atoms with van der Waals surface area (Å²) in [6, 6.07) is 8.60. The number of hydrogen-bond acceptors (Lipinski definition) is 3. The van der Waals surface area contributed by atoms with E-state index in [1.54, 1.807) is 7.11 Å². The Morgan fingerprint density at radius 3 is 2.44 bits per heavy atom. The highest BCUT2D eigenvalue weighted by atomic mass is 16.5. The van der Waals surface area contributed by atoms with Crippen molar-refractivity contribution in [1.29, 1.82) is 0 Å². The van der Waals surface area contributed by atoms with Crippen molar-refractivity contribution in [3.63, 3.8) is 0 Å². The number of nitrogens with two attached hydrogens (primary N) is 1. The summed E-state index contributed by atoms with van der Waals surface area (Å²) in [6.45, 7) is 4.46. The molecule has 0 bridgehead atoms. The molecule has 0 spiro atoms. The summed E-state index contributed by atoms with van der Waals surface area (Å²) in [5, 5.41) is 0. The first-order valence-corrected chi connectivity index (χ1v) is 5.62. The molecule has 0 saturated heterocycles. The van der Waals surface area contributed by atoms with Gasteiger partial charge in [-0.25, -0.2) is 0 Å². The summed E-state index contributed by atoms with van der Waals surface area (Å²) >= 11 is 0. The van der Waals surface area contributed by atoms with Gasteiger partial charge < -0.3 is 10.5 Å². The molecular weight excluding hydrogens is 200 g/mol. The number of rotatable bonds is 6. The molecule has 0 heterocycles. The molecule has 0 saturated carbocycles. The molecule has 0 aliphatic rings. The van der Waals surface area contributed by atoms with Crippen molar-refractivity contribution in [2.45, 2.75) is 19.6 Å². The molecule has 0 radical (unpaired) electrons. The fourth-order valence-electron chi connectivity index (χ4n) is 1.66. The molecule has 90 valence electrons. The van der Waals surface area contributed by atoms with Crippen molar-refractivity contribution in [3.05, 3.63) is 35.4 Å². The maximum atomic E-state index is 5.59. The Bertz CT molecular complexity index is 293. The van der Waals surface area contributed by atoms with E-state index in [1.165, 1.54) is 11.1 Å². The third-order valence-electron chi connectivity index (χ3n) is 2.68. The van der Waals surface area contributed by atoms with Gasteiger partial charge in [0.05, 0.1) is 6.10 Å². The largest absolute Gasteiger partial charge is 0.379 e. The highest BCUT2D eigenvalue weighted by Crippen LogP contribution is 2.06. The summed E-state index contributed by atoms with van der Waals surface area (Å²) < 4.78 is 5.26. The average Bonchev–Trinajstić information content (AvgIpc) is 2.29. The van der Waals surface area contributed by atoms with Gasteiger partial charge >= 0.3 is 0 Å². The Morgan fingerprint density at radius 1 is 1.31 bits per heavy atom. The molecule has 1 rings (SSSR count). The lowest BCUT2D eigenvalue weighted by atomic mass is 10.1. The van der Waals surface area contributed by atoms with Crippen molar-refractivity contribution in [2.75, 3.05) is 27.2 Å². The van der Waals surface area contributed by atoms with Gasteiger partial charge in [-0.2, -0.15) is 0 Å². The molecule has 3 nitrogen and oxygen atoms in total. The Labute approximate surface area is 98.2 Å². The molecule has 0 aliphatic carbocycles. The van der Waals surface area contributed by atoms with Gasteiger partial charge in [0, 0.05) is 26.7 Å². The quantitative estimate of drug-likeness (QED) is 0.790. The van der Waals surface area contributed by atoms with E-state index >= 15 is 0 Å². The van der Waals surface area contributed by atoms with Gasteiger partial charge in [0.2, 0.25) is 0 Å². The molecule has 3 heteroatoms. The molecule has 0 aliphatic heterocycles. The van der Waals surface area contributed by atoms with E-state index in [1.807, 2.05) is 0 Å². The van der Waals surface area contributed by atoms with Crippen LogP contribution in [0.15, 0.2) is 24.3 Å². The molecule has 16 heavy (non-hydrogen) atoms. The van der Waals surface area contributed by atoms with Crippen molar-refractivity contribution >= 4 is 0 Å². The molecule has 2 N–H and O–H groups in total. The van der Waals surface area contributed by atoms with Crippen LogP contribution in [0.25, 0.3) is 0 Å². The molecule has 1 unspecified atom stereocenters. The molecule has 0 amide bonds. The molecular formula is C13H22N2O. The lowest BCUT2D eigenvalue weighted by molar-refractivity contribution is 0.0761. The van der Waals surface area contributed by atoms with Crippen LogP contribution in [0.2, 0.25) is 0 Å². The van der Waals surface area contributed by atoms with Gasteiger partial charge in [0.25, 0.3) is 0 Å². The topological polar surface area (TPSA) is 38.5 Å². The minimum absolute atomic E-state index is 0.121. The van der Waals surface area contributed by atoms with E-state index in [0.717, 1.165) is 13.1 Å². The van der Waals surface area contributed by atoms with Crippen LogP contribution >= 0.6 is 0 Å². The van der Waals surface area contributed by atoms with E-state index in [4.69, 9.17) is 10.5 Å². The van der Waals surface area contributed by atoms with Crippen LogP contribution in [-0.2, 0) is 11.3 Å². The van der Waals surface area contributed by atoms with Crippen LogP contribution < -0.4 is 5.73 Å². The fourth-order valence-corrected chi connectivity index (χ4v) is 1.66. The van der Waals surface area contributed by atoms with E-state index in [2.05, 4.69) is 43.1 Å². The number of hydrogen-bond donors (Lipinski definition) is 1. The summed E-state index contributed by atoms with van der Waals surface area (Å²) in [6.07, 6.45) is 0.121. The van der Waals surface area contributed by atoms with Crippen LogP contribution in [0.4, 0.5) is 0 Å². The van der Waals surface area contributed by atoms with E-state index in [9.17, 15) is 0 Å². The Hall–Kier alpha value is -0.900. The van der Waals surface area contributed by atoms with Crippen molar-refractivity contribution in [3.8, 4) is 0 Å². The third-order valence-corrected chi connectivity index (χ3v) is 2.68. The third kappa shape index (κ3) is 4.31. The fraction of sp³-hybridized carbons (Fsp3) is 0.538. The van der Waals surface area contributed by atoms with Crippen LogP contribution in [-0.4, -0.2) is 38.3 Å². The predicted molar refractivity (Wildman–Crippen MR) is 67.4 cm³/mol. The first kappa shape index (κ1) is 13.2. The zero-order valence-corrected chi connectivity index (χ0v) is 10.4. The Morgan fingerprint density at radius 2 is 1.94 bits per heavy atom. The maximum Gasteiger partial charge on any atom is 0.0820 e. The first-order chi connectivity index (χ1) is 7.65. The summed E-state index contributed by atoms with van der Waals surface area (Å²) in [7, 11) is 3.79. The van der Waals surface area contributed by atoms with Gasteiger partial charge in [-0.15, -0.1) is 0 Å². The van der Waals surface area contributed by atoms with Gasteiger partial charge in [-0.1, -0.05) is 29.8 Å². The first-order valence-electron chi connectivity index (χ1n) is 5.62. The van der Waals surface area contributed by atoms with E-state index in [0.29, 0.717) is 6.54 Å². The molecule has 1 atom stereocenters. The normalized spacial score (nSPS) is 13.1. The molecule has 0 aromatic heterocycles. The molecule has 1 aromatic rings. The van der Waals surface area contributed by atoms with Gasteiger partial charge in [-0.3, -0.25) is 4.90 Å². The van der Waals surface area contributed by atoms with E-state index < -0.39 is 0 Å². The van der Waals surface area contributed by atoms with E-state index in [-0.39, 0.29) is 6.10 Å². The second-order valence-electron chi connectivity index (χ2n) is 4.28. The van der Waals surface area contributed by atoms with Crippen molar-refractivity contribution in [2.24, 2.45) is 5.73 Å². The van der Waals surface area contributed by atoms with Crippen molar-refractivity contribution < 1.29 is 4.74 Å². The highest BCUT2D eigenvalue weighted by molar-refractivity contribution is 5.21. The zero-order chi connectivity index (χ0) is 12.0. The number of likely N-dealkylation sites (N-methyl/N-ethyl adjacent to an activating group) is 1. The lowest BCUT2D eigenvalue weighted by Crippen LogP contribution is -2.35. The highest BCUT2D eigenvalue weighted by Gasteiger charge is 2.08. The number of methoxy groups -OCH3 is 1. The SMILES string of the molecule is COC(CN)CN(C)Cc1ccc(C)cc1. The smallest absolute Gasteiger partial charge is 0.0820 e. The number of aryl methyl sites for hydroxylation is 1. The lowest BCUT2D eigenvalue weighted by Gasteiger charge is -2.22. The summed E-state index contributed by atoms with van der Waals surface area (Å²) in [5.41, 5.74) is 8.21. The monoisotopic (exact) mass is 222 g/mol. The summed E-state index contributed by atoms with van der Waals surface area (Å²) in [4.78, 5) is 2.23. The van der Waals surface area contributed by atoms with Crippen LogP contribution in [0.5, 0.6) is 0 Å². The van der Waals surface area contributed by atoms with Gasteiger partial charge in [0.15, 0.2) is 0 Å². The van der Waals surface area contributed by atoms with Crippen LogP contribution in [0, 0.1) is 6.92 Å². The standard InChI is InChI=1S/C13H22N2O/c1-11-4-6-12(7-5-11)9-15(2)10-13(8-14)16-3/h4-7,13H,8-10,14H2,1-3H3. The minimum Gasteiger partial charge on any atom is -0.379 e. The molecule has 1 aromatic carbocycles. The van der Waals surface area contributed by atoms with Crippen LogP contribution in [0.1, 0.15) is 11.1 Å². The summed E-state index contributed by atoms with van der Waals surface area (Å²) in [5.74, 6) is 0. The number of nitrogens with zero attached hydrogens (tertiary/aromatic N) is 1. The van der Waals surface area contributed by atoms with Gasteiger partial charge in [-0.05, 0) is 19.5 Å². The minimum atomic E-state index is 0.121. The molecule has 0 fully saturated rings. The van der Waals surface area contributed by atoms with Gasteiger partial charge in [0.1, 0.15) is 0 Å². The Balaban J connectivity index is 2.44. The number of benzene rings is 1. The Kier molecular flexibility index (Phi) is 5.46. The van der Waals surface area contributed by atoms with Crippen LogP contribution in [0.3, 0.4) is 0 Å². The number of ether oxygens (including phenoxy) is 1. The maximum absolute atomic E-state index is 5.59. The second-order valence-corrected chi connectivity index (χ2v) is 4.28. The zero-order valence-electron chi connectivity index (χ0n) is 10.4. The predicted octanol–water partition coefficient (Wildman–Crippen LogP) is 1.40. The second kappa shape index (κ2) is 6.63.